The van der Waals surface area contributed by atoms with Crippen LogP contribution in [-0.2, 0) is 28.5 Å². The summed E-state index contributed by atoms with van der Waals surface area (Å²) in [7, 11) is 1.23. The molecule has 2 aliphatic carbocycles. The first-order valence-electron chi connectivity index (χ1n) is 13.1. The van der Waals surface area contributed by atoms with Crippen LogP contribution in [-0.4, -0.2) is 94.1 Å². The minimum Gasteiger partial charge on any atom is -0.472 e. The summed E-state index contributed by atoms with van der Waals surface area (Å²) in [6.45, 7) is 3.11. The van der Waals surface area contributed by atoms with Crippen molar-refractivity contribution in [3.63, 3.8) is 0 Å². The Balaban J connectivity index is 1.56. The average molecular weight is 553 g/mol. The largest absolute Gasteiger partial charge is 0.472 e. The van der Waals surface area contributed by atoms with Crippen LogP contribution in [0.4, 0.5) is 0 Å². The van der Waals surface area contributed by atoms with Crippen molar-refractivity contribution >= 4 is 11.9 Å². The quantitative estimate of drug-likeness (QED) is 0.308. The molecule has 0 unspecified atom stereocenters. The van der Waals surface area contributed by atoms with E-state index in [4.69, 9.17) is 23.4 Å². The van der Waals surface area contributed by atoms with Gasteiger partial charge in [0, 0.05) is 16.6 Å². The molecule has 0 aromatic carbocycles. The van der Waals surface area contributed by atoms with E-state index in [0.717, 1.165) is 0 Å². The molecule has 5 N–H and O–H groups in total. The van der Waals surface area contributed by atoms with Gasteiger partial charge in [0.05, 0.1) is 44.4 Å². The lowest BCUT2D eigenvalue weighted by Gasteiger charge is -2.62. The molecule has 1 saturated carbocycles. The van der Waals surface area contributed by atoms with Crippen molar-refractivity contribution < 1.29 is 58.5 Å². The number of hydrogen-bond donors (Lipinski definition) is 5. The van der Waals surface area contributed by atoms with Gasteiger partial charge in [0.1, 0.15) is 30.5 Å². The average Bonchev–Trinajstić information content (AvgIpc) is 3.45. The Hall–Kier alpha value is -2.32. The minimum atomic E-state index is -1.68. The fourth-order valence-corrected chi connectivity index (χ4v) is 7.33. The summed E-state index contributed by atoms with van der Waals surface area (Å²) in [5, 5.41) is 51.7. The lowest BCUT2D eigenvalue weighted by atomic mass is 9.44. The van der Waals surface area contributed by atoms with Gasteiger partial charge in [-0.25, -0.2) is 4.79 Å². The summed E-state index contributed by atoms with van der Waals surface area (Å²) >= 11 is 0. The molecule has 2 saturated heterocycles. The van der Waals surface area contributed by atoms with Gasteiger partial charge in [0.25, 0.3) is 0 Å². The predicted octanol–water partition coefficient (Wildman–Crippen LogP) is -0.0346. The molecule has 1 aromatic heterocycles. The Morgan fingerprint density at radius 1 is 1.13 bits per heavy atom. The Morgan fingerprint density at radius 2 is 1.87 bits per heavy atom. The van der Waals surface area contributed by atoms with Gasteiger partial charge in [0.15, 0.2) is 6.29 Å². The smallest absolute Gasteiger partial charge is 0.334 e. The molecule has 0 bridgehead atoms. The van der Waals surface area contributed by atoms with Crippen LogP contribution in [0.3, 0.4) is 0 Å². The number of carbonyl (C=O) groups excluding carboxylic acids is 2. The Morgan fingerprint density at radius 3 is 2.51 bits per heavy atom. The summed E-state index contributed by atoms with van der Waals surface area (Å²) in [5.41, 5.74) is -1.02. The van der Waals surface area contributed by atoms with E-state index in [2.05, 4.69) is 0 Å². The number of ether oxygens (including phenoxy) is 4. The maximum absolute atomic E-state index is 13.5. The van der Waals surface area contributed by atoms with Gasteiger partial charge in [-0.1, -0.05) is 13.8 Å². The zero-order valence-corrected chi connectivity index (χ0v) is 22.0. The highest BCUT2D eigenvalue weighted by Gasteiger charge is 2.66. The number of fused-ring (bicyclic) bond motifs is 3. The number of carbonyl (C=O) groups is 2. The highest BCUT2D eigenvalue weighted by molar-refractivity contribution is 5.91. The Labute approximate surface area is 225 Å². The second-order valence-corrected chi connectivity index (χ2v) is 11.5. The van der Waals surface area contributed by atoms with Crippen molar-refractivity contribution in [1.82, 2.24) is 0 Å². The second-order valence-electron chi connectivity index (χ2n) is 11.5. The summed E-state index contributed by atoms with van der Waals surface area (Å²) in [5.74, 6) is -2.33. The number of rotatable bonds is 5. The number of aliphatic hydroxyl groups is 5. The normalized spacial score (nSPS) is 45.9. The molecule has 3 fully saturated rings. The van der Waals surface area contributed by atoms with Crippen LogP contribution in [0.1, 0.15) is 44.8 Å². The van der Waals surface area contributed by atoms with E-state index >= 15 is 0 Å². The van der Waals surface area contributed by atoms with E-state index < -0.39 is 90.2 Å². The third-order valence-electron chi connectivity index (χ3n) is 9.49. The molecule has 12 atom stereocenters. The van der Waals surface area contributed by atoms with Crippen molar-refractivity contribution in [3.05, 3.63) is 35.8 Å². The van der Waals surface area contributed by atoms with E-state index in [1.807, 2.05) is 6.92 Å². The van der Waals surface area contributed by atoms with Crippen molar-refractivity contribution in [2.75, 3.05) is 13.7 Å². The van der Waals surface area contributed by atoms with Crippen molar-refractivity contribution in [1.29, 1.82) is 0 Å². The van der Waals surface area contributed by atoms with Gasteiger partial charge < -0.3 is 48.9 Å². The summed E-state index contributed by atoms with van der Waals surface area (Å²) in [6.07, 6.45) is -5.02. The van der Waals surface area contributed by atoms with Gasteiger partial charge in [-0.15, -0.1) is 0 Å². The van der Waals surface area contributed by atoms with Crippen LogP contribution in [0, 0.1) is 22.7 Å². The molecular weight excluding hydrogens is 516 g/mol. The maximum Gasteiger partial charge on any atom is 0.334 e. The Bertz CT molecular complexity index is 1100. The number of aliphatic hydroxyl groups excluding tert-OH is 5. The van der Waals surface area contributed by atoms with Crippen molar-refractivity contribution in [2.24, 2.45) is 22.7 Å². The standard InChI is InChI=1S/C27H36O12/c1-26-9-16(12-4-5-36-11-12)37-24(34)14(26)8-19(39-25-22(32)21(31)20(30)17(10-28)38-25)27(2)15(23(33)35-3)6-13(29)7-18(26)27/h4-6,11,13-14,16-22,25,28-32H,7-10H2,1-3H3/t13-,14-,16+,17-,18+,19+,20-,21+,22-,25+,26-,27+/m1/s1. The first-order valence-corrected chi connectivity index (χ1v) is 13.1. The number of methoxy groups -OCH3 is 1. The fraction of sp³-hybridized carbons (Fsp3) is 0.704. The van der Waals surface area contributed by atoms with Crippen LogP contribution in [0.15, 0.2) is 34.7 Å². The molecule has 12 heteroatoms. The van der Waals surface area contributed by atoms with Crippen LogP contribution >= 0.6 is 0 Å². The van der Waals surface area contributed by atoms with Gasteiger partial charge in [-0.05, 0) is 42.7 Å². The van der Waals surface area contributed by atoms with E-state index in [1.165, 1.54) is 25.7 Å². The van der Waals surface area contributed by atoms with Crippen LogP contribution in [0.5, 0.6) is 0 Å². The summed E-state index contributed by atoms with van der Waals surface area (Å²) < 4.78 is 28.0. The molecule has 2 aliphatic heterocycles. The number of esters is 2. The summed E-state index contributed by atoms with van der Waals surface area (Å²) in [4.78, 5) is 26.6. The molecule has 0 radical (unpaired) electrons. The topological polar surface area (TPSA) is 185 Å². The molecule has 1 aromatic rings. The predicted molar refractivity (Wildman–Crippen MR) is 129 cm³/mol. The van der Waals surface area contributed by atoms with E-state index in [9.17, 15) is 35.1 Å². The number of cyclic esters (lactones) is 1. The second kappa shape index (κ2) is 10.3. The lowest BCUT2D eigenvalue weighted by Crippen LogP contribution is -2.65. The molecule has 3 heterocycles. The molecular formula is C27H36O12. The van der Waals surface area contributed by atoms with Crippen molar-refractivity contribution in [3.8, 4) is 0 Å². The van der Waals surface area contributed by atoms with Crippen LogP contribution in [0.25, 0.3) is 0 Å². The number of hydrogen-bond acceptors (Lipinski definition) is 12. The first kappa shape index (κ1) is 28.2. The van der Waals surface area contributed by atoms with E-state index in [1.54, 1.807) is 13.0 Å². The third kappa shape index (κ3) is 4.42. The first-order chi connectivity index (χ1) is 18.4. The van der Waals surface area contributed by atoms with E-state index in [0.29, 0.717) is 12.0 Å². The molecule has 4 aliphatic rings. The monoisotopic (exact) mass is 552 g/mol. The van der Waals surface area contributed by atoms with Gasteiger partial charge >= 0.3 is 11.9 Å². The lowest BCUT2D eigenvalue weighted by molar-refractivity contribution is -0.329. The van der Waals surface area contributed by atoms with Crippen LogP contribution in [0.2, 0.25) is 0 Å². The highest BCUT2D eigenvalue weighted by atomic mass is 16.7. The van der Waals surface area contributed by atoms with Gasteiger partial charge in [-0.2, -0.15) is 0 Å². The Kier molecular flexibility index (Phi) is 7.42. The molecule has 5 rings (SSSR count). The fourth-order valence-electron chi connectivity index (χ4n) is 7.33. The van der Waals surface area contributed by atoms with E-state index in [-0.39, 0.29) is 18.4 Å². The van der Waals surface area contributed by atoms with Crippen LogP contribution < -0.4 is 0 Å². The number of furan rings is 1. The highest BCUT2D eigenvalue weighted by Crippen LogP contribution is 2.65. The van der Waals surface area contributed by atoms with Gasteiger partial charge in [0.2, 0.25) is 0 Å². The van der Waals surface area contributed by atoms with Gasteiger partial charge in [-0.3, -0.25) is 4.79 Å². The molecule has 39 heavy (non-hydrogen) atoms. The minimum absolute atomic E-state index is 0.0693. The molecule has 216 valence electrons. The zero-order chi connectivity index (χ0) is 28.3. The molecule has 12 nitrogen and oxygen atoms in total. The third-order valence-corrected chi connectivity index (χ3v) is 9.49. The maximum atomic E-state index is 13.5. The summed E-state index contributed by atoms with van der Waals surface area (Å²) in [6, 6.07) is 1.73. The SMILES string of the molecule is COC(=O)C1=C[C@@H](O)C[C@H]2[C@]3(C)C[C@@H](c4ccoc4)OC(=O)[C@H]3C[C@H](O[C@@H]3O[C@H](CO)[C@@H](O)[C@H](O)[C@H]3O)[C@@]12C. The molecule has 0 amide bonds. The molecule has 0 spiro atoms. The zero-order valence-electron chi connectivity index (χ0n) is 22.0. The van der Waals surface area contributed by atoms with Crippen molar-refractivity contribution in [2.45, 2.75) is 82.1 Å².